The van der Waals surface area contributed by atoms with Crippen LogP contribution in [0.2, 0.25) is 0 Å². The molecule has 188 valence electrons. The van der Waals surface area contributed by atoms with Crippen molar-refractivity contribution in [2.45, 2.75) is 31.0 Å². The number of rotatable bonds is 3. The highest BCUT2D eigenvalue weighted by Gasteiger charge is 2.59. The number of benzene rings is 1. The molecule has 2 amide bonds. The number of phenols is 1. The SMILES string of the molecule is CN(C)C(=O)c1cc(N(C)C)c2c(c1O)C(=O)C1=C(O)[C@]3(O)C(O)C(C(N)=O)=C(O)C[C@@H]3C[C@@H]1C2. The molecule has 4 rings (SSSR count). The molecule has 3 aliphatic rings. The van der Waals surface area contributed by atoms with E-state index in [1.807, 2.05) is 0 Å². The van der Waals surface area contributed by atoms with E-state index in [1.54, 1.807) is 19.0 Å². The zero-order valence-electron chi connectivity index (χ0n) is 19.9. The number of Topliss-reactive ketones (excluding diaryl/α,β-unsaturated/α-hetero) is 1. The zero-order chi connectivity index (χ0) is 26.1. The lowest BCUT2D eigenvalue weighted by Crippen LogP contribution is -2.59. The largest absolute Gasteiger partial charge is 0.512 e. The first-order valence-electron chi connectivity index (χ1n) is 11.1. The Morgan fingerprint density at radius 1 is 1.11 bits per heavy atom. The van der Waals surface area contributed by atoms with Crippen LogP contribution >= 0.6 is 0 Å². The number of amides is 2. The molecule has 7 N–H and O–H groups in total. The molecular formula is C24H29N3O8. The first kappa shape index (κ1) is 24.6. The Morgan fingerprint density at radius 3 is 2.29 bits per heavy atom. The number of phenolic OH excluding ortho intramolecular Hbond substituents is 1. The molecular weight excluding hydrogens is 458 g/mol. The molecule has 35 heavy (non-hydrogen) atoms. The normalized spacial score (nSPS) is 27.7. The maximum absolute atomic E-state index is 13.7. The lowest BCUT2D eigenvalue weighted by Gasteiger charge is -2.49. The number of aliphatic hydroxyl groups excluding tert-OH is 3. The minimum atomic E-state index is -2.44. The first-order chi connectivity index (χ1) is 16.2. The maximum atomic E-state index is 13.7. The molecule has 0 radical (unpaired) electrons. The molecule has 0 fully saturated rings. The van der Waals surface area contributed by atoms with Gasteiger partial charge in [-0.3, -0.25) is 14.4 Å². The number of primary amides is 1. The number of carbonyl (C=O) groups excluding carboxylic acids is 3. The fraction of sp³-hybridized carbons (Fsp3) is 0.458. The van der Waals surface area contributed by atoms with E-state index < -0.39 is 64.0 Å². The molecule has 1 unspecified atom stereocenters. The molecule has 11 heteroatoms. The Kier molecular flexibility index (Phi) is 5.61. The summed E-state index contributed by atoms with van der Waals surface area (Å²) in [7, 11) is 6.47. The number of ketones is 1. The summed E-state index contributed by atoms with van der Waals surface area (Å²) in [5.41, 5.74) is 2.74. The Balaban J connectivity index is 1.95. The average Bonchev–Trinajstić information content (AvgIpc) is 2.75. The summed E-state index contributed by atoms with van der Waals surface area (Å²) in [5.74, 6) is -5.85. The van der Waals surface area contributed by atoms with Crippen molar-refractivity contribution >= 4 is 23.3 Å². The fourth-order valence-electron chi connectivity index (χ4n) is 5.64. The van der Waals surface area contributed by atoms with E-state index in [4.69, 9.17) is 5.73 Å². The van der Waals surface area contributed by atoms with Crippen molar-refractivity contribution < 1.29 is 39.9 Å². The fourth-order valence-corrected chi connectivity index (χ4v) is 5.64. The molecule has 3 aliphatic carbocycles. The Bertz CT molecular complexity index is 1230. The van der Waals surface area contributed by atoms with Crippen LogP contribution in [0.3, 0.4) is 0 Å². The number of aromatic hydroxyl groups is 1. The van der Waals surface area contributed by atoms with Gasteiger partial charge in [-0.15, -0.1) is 0 Å². The highest BCUT2D eigenvalue weighted by molar-refractivity contribution is 6.16. The van der Waals surface area contributed by atoms with Crippen molar-refractivity contribution in [1.29, 1.82) is 0 Å². The van der Waals surface area contributed by atoms with Gasteiger partial charge in [0.05, 0.1) is 16.7 Å². The van der Waals surface area contributed by atoms with E-state index in [2.05, 4.69) is 0 Å². The zero-order valence-corrected chi connectivity index (χ0v) is 19.9. The molecule has 0 spiro atoms. The van der Waals surface area contributed by atoms with Crippen molar-refractivity contribution in [3.63, 3.8) is 0 Å². The van der Waals surface area contributed by atoms with Crippen molar-refractivity contribution in [3.8, 4) is 5.75 Å². The topological polar surface area (TPSA) is 185 Å². The van der Waals surface area contributed by atoms with Crippen LogP contribution in [-0.4, -0.2) is 87.9 Å². The summed E-state index contributed by atoms with van der Waals surface area (Å²) in [4.78, 5) is 41.2. The van der Waals surface area contributed by atoms with Gasteiger partial charge in [-0.2, -0.15) is 0 Å². The summed E-state index contributed by atoms with van der Waals surface area (Å²) in [5, 5.41) is 54.7. The summed E-state index contributed by atoms with van der Waals surface area (Å²) >= 11 is 0. The highest BCUT2D eigenvalue weighted by Crippen LogP contribution is 2.53. The van der Waals surface area contributed by atoms with Gasteiger partial charge < -0.3 is 41.1 Å². The first-order valence-corrected chi connectivity index (χ1v) is 11.1. The van der Waals surface area contributed by atoms with Crippen molar-refractivity contribution in [2.75, 3.05) is 33.1 Å². The van der Waals surface area contributed by atoms with Crippen LogP contribution in [-0.2, 0) is 11.2 Å². The lowest BCUT2D eigenvalue weighted by molar-refractivity contribution is -0.132. The van der Waals surface area contributed by atoms with Crippen LogP contribution in [0.15, 0.2) is 28.7 Å². The third-order valence-corrected chi connectivity index (χ3v) is 7.37. The van der Waals surface area contributed by atoms with Crippen LogP contribution in [0, 0.1) is 11.8 Å². The van der Waals surface area contributed by atoms with Gasteiger partial charge in [0, 0.05) is 51.8 Å². The Morgan fingerprint density at radius 2 is 1.74 bits per heavy atom. The van der Waals surface area contributed by atoms with Crippen LogP contribution in [0.4, 0.5) is 5.69 Å². The number of allylic oxidation sites excluding steroid dienone is 2. The molecule has 0 bridgehead atoms. The summed E-state index contributed by atoms with van der Waals surface area (Å²) in [6.07, 6.45) is -2.01. The molecule has 1 aromatic carbocycles. The van der Waals surface area contributed by atoms with Gasteiger partial charge in [0.1, 0.15) is 23.4 Å². The van der Waals surface area contributed by atoms with Crippen molar-refractivity contribution in [1.82, 2.24) is 4.90 Å². The number of carbonyl (C=O) groups is 3. The number of hydrogen-bond donors (Lipinski definition) is 6. The molecule has 0 aliphatic heterocycles. The van der Waals surface area contributed by atoms with Crippen LogP contribution in [0.1, 0.15) is 39.1 Å². The average molecular weight is 488 g/mol. The van der Waals surface area contributed by atoms with Gasteiger partial charge in [0.25, 0.3) is 11.8 Å². The van der Waals surface area contributed by atoms with Gasteiger partial charge in [-0.1, -0.05) is 0 Å². The monoisotopic (exact) mass is 487 g/mol. The van der Waals surface area contributed by atoms with Crippen LogP contribution in [0.25, 0.3) is 0 Å². The standard InChI is InChI=1S/C24H29N3O8/c1-26(2)13-8-12(23(34)27(3)4)18(29)16-11(13)6-9-5-10-7-14(28)17(22(25)33)21(32)24(10,35)20(31)15(9)19(16)30/h8-10,21,28-29,31-32,35H,5-7H2,1-4H3,(H2,25,33)/t9-,10+,21?,24+/m1/s1. The van der Waals surface area contributed by atoms with Gasteiger partial charge in [-0.05, 0) is 30.4 Å². The number of anilines is 1. The molecule has 4 atom stereocenters. The van der Waals surface area contributed by atoms with E-state index in [0.29, 0.717) is 11.3 Å². The van der Waals surface area contributed by atoms with E-state index in [0.717, 1.165) is 0 Å². The van der Waals surface area contributed by atoms with Crippen LogP contribution < -0.4 is 10.6 Å². The predicted octanol–water partition coefficient (Wildman–Crippen LogP) is 0.140. The van der Waals surface area contributed by atoms with E-state index in [-0.39, 0.29) is 36.0 Å². The van der Waals surface area contributed by atoms with E-state index in [1.165, 1.54) is 25.1 Å². The summed E-state index contributed by atoms with van der Waals surface area (Å²) < 4.78 is 0. The quantitative estimate of drug-likeness (QED) is 0.345. The number of hydrogen-bond acceptors (Lipinski definition) is 9. The van der Waals surface area contributed by atoms with Gasteiger partial charge in [0.2, 0.25) is 0 Å². The Labute approximate surface area is 201 Å². The number of fused-ring (bicyclic) bond motifs is 3. The molecule has 1 aromatic rings. The molecule has 11 nitrogen and oxygen atoms in total. The molecule has 0 saturated carbocycles. The second kappa shape index (κ2) is 7.99. The van der Waals surface area contributed by atoms with Gasteiger partial charge in [0.15, 0.2) is 11.4 Å². The Hall–Kier alpha value is -3.57. The number of nitrogens with zero attached hydrogens (tertiary/aromatic N) is 2. The van der Waals surface area contributed by atoms with E-state index >= 15 is 0 Å². The predicted molar refractivity (Wildman–Crippen MR) is 124 cm³/mol. The van der Waals surface area contributed by atoms with E-state index in [9.17, 15) is 39.9 Å². The van der Waals surface area contributed by atoms with Crippen molar-refractivity contribution in [2.24, 2.45) is 17.6 Å². The minimum absolute atomic E-state index is 0.0975. The third kappa shape index (κ3) is 3.29. The van der Waals surface area contributed by atoms with Gasteiger partial charge >= 0.3 is 0 Å². The molecule has 0 saturated heterocycles. The van der Waals surface area contributed by atoms with Crippen molar-refractivity contribution in [3.05, 3.63) is 45.4 Å². The van der Waals surface area contributed by atoms with Crippen LogP contribution in [0.5, 0.6) is 5.75 Å². The second-order valence-electron chi connectivity index (χ2n) is 9.82. The number of aliphatic hydroxyl groups is 4. The third-order valence-electron chi connectivity index (χ3n) is 7.37. The number of nitrogens with two attached hydrogens (primary N) is 1. The molecule has 0 heterocycles. The summed E-state index contributed by atoms with van der Waals surface area (Å²) in [6, 6.07) is 1.51. The lowest BCUT2D eigenvalue weighted by atomic mass is 9.59. The smallest absolute Gasteiger partial charge is 0.257 e. The summed E-state index contributed by atoms with van der Waals surface area (Å²) in [6.45, 7) is 0. The minimum Gasteiger partial charge on any atom is -0.512 e. The second-order valence-corrected chi connectivity index (χ2v) is 9.82. The molecule has 0 aromatic heterocycles. The van der Waals surface area contributed by atoms with Gasteiger partial charge in [-0.25, -0.2) is 0 Å². The highest BCUT2D eigenvalue weighted by atomic mass is 16.4. The maximum Gasteiger partial charge on any atom is 0.257 e.